The number of hydrogen-bond donors (Lipinski definition) is 0. The van der Waals surface area contributed by atoms with Gasteiger partial charge in [0.2, 0.25) is 5.91 Å². The summed E-state index contributed by atoms with van der Waals surface area (Å²) >= 11 is 0. The van der Waals surface area contributed by atoms with Crippen molar-refractivity contribution in [2.75, 3.05) is 63.8 Å². The second-order valence-corrected chi connectivity index (χ2v) is 8.07. The average molecular weight is 375 g/mol. The lowest BCUT2D eigenvalue weighted by atomic mass is 10.2. The first-order valence-corrected chi connectivity index (χ1v) is 10.4. The van der Waals surface area contributed by atoms with Gasteiger partial charge in [0.15, 0.2) is 0 Å². The van der Waals surface area contributed by atoms with Crippen LogP contribution in [0.5, 0.6) is 0 Å². The molecule has 1 aromatic carbocycles. The van der Waals surface area contributed by atoms with Crippen molar-refractivity contribution in [3.8, 4) is 0 Å². The Hall–Kier alpha value is -1.66. The molecule has 2 heterocycles. The molecule has 148 valence electrons. The fraction of sp³-hybridized carbons (Fsp3) is 0.667. The van der Waals surface area contributed by atoms with Gasteiger partial charge in [0, 0.05) is 58.4 Å². The van der Waals surface area contributed by atoms with Gasteiger partial charge in [-0.2, -0.15) is 0 Å². The molecule has 2 aliphatic heterocycles. The van der Waals surface area contributed by atoms with Crippen molar-refractivity contribution >= 4 is 11.6 Å². The van der Waals surface area contributed by atoms with Crippen molar-refractivity contribution < 1.29 is 9.18 Å². The molecule has 5 nitrogen and oxygen atoms in total. The summed E-state index contributed by atoms with van der Waals surface area (Å²) in [6, 6.07) is 7.70. The Labute approximate surface area is 161 Å². The molecule has 6 heteroatoms. The van der Waals surface area contributed by atoms with Crippen molar-refractivity contribution in [2.45, 2.75) is 31.7 Å². The summed E-state index contributed by atoms with van der Waals surface area (Å²) in [4.78, 5) is 21.6. The number of hydrogen-bond acceptors (Lipinski definition) is 4. The zero-order valence-electron chi connectivity index (χ0n) is 16.2. The summed E-state index contributed by atoms with van der Waals surface area (Å²) in [7, 11) is 0. The lowest BCUT2D eigenvalue weighted by Crippen LogP contribution is -2.55. The topological polar surface area (TPSA) is 30.0 Å². The monoisotopic (exact) mass is 374 g/mol. The summed E-state index contributed by atoms with van der Waals surface area (Å²) in [6.45, 7) is 7.43. The number of carbonyl (C=O) groups excluding carboxylic acids is 1. The first-order chi connectivity index (χ1) is 13.2. The molecule has 0 spiro atoms. The Bertz CT molecular complexity index is 633. The molecule has 4 rings (SSSR count). The lowest BCUT2D eigenvalue weighted by molar-refractivity contribution is -0.134. The van der Waals surface area contributed by atoms with E-state index in [2.05, 4.69) is 14.7 Å². The van der Waals surface area contributed by atoms with Gasteiger partial charge in [0.25, 0.3) is 0 Å². The second kappa shape index (κ2) is 8.57. The van der Waals surface area contributed by atoms with Crippen molar-refractivity contribution in [1.29, 1.82) is 0 Å². The number of benzene rings is 1. The predicted octanol–water partition coefficient (Wildman–Crippen LogP) is 2.03. The summed E-state index contributed by atoms with van der Waals surface area (Å²) < 4.78 is 13.9. The Morgan fingerprint density at radius 2 is 1.59 bits per heavy atom. The van der Waals surface area contributed by atoms with Crippen LogP contribution in [0.1, 0.15) is 25.7 Å². The van der Waals surface area contributed by atoms with Gasteiger partial charge in [-0.05, 0) is 25.0 Å². The fourth-order valence-electron chi connectivity index (χ4n) is 4.75. The van der Waals surface area contributed by atoms with Crippen molar-refractivity contribution in [3.05, 3.63) is 30.1 Å². The highest BCUT2D eigenvalue weighted by atomic mass is 19.1. The molecule has 3 aliphatic rings. The van der Waals surface area contributed by atoms with E-state index in [4.69, 9.17) is 0 Å². The van der Waals surface area contributed by atoms with Crippen LogP contribution in [-0.4, -0.2) is 85.6 Å². The van der Waals surface area contributed by atoms with Crippen LogP contribution < -0.4 is 4.90 Å². The van der Waals surface area contributed by atoms with Gasteiger partial charge >= 0.3 is 0 Å². The molecule has 0 atom stereocenters. The molecule has 3 fully saturated rings. The van der Waals surface area contributed by atoms with Gasteiger partial charge < -0.3 is 9.80 Å². The maximum atomic E-state index is 13.9. The van der Waals surface area contributed by atoms with E-state index in [9.17, 15) is 9.18 Å². The third kappa shape index (κ3) is 4.43. The highest BCUT2D eigenvalue weighted by Crippen LogP contribution is 2.24. The minimum atomic E-state index is -0.165. The largest absolute Gasteiger partial charge is 0.367 e. The van der Waals surface area contributed by atoms with E-state index in [-0.39, 0.29) is 11.7 Å². The molecule has 2 saturated heterocycles. The van der Waals surface area contributed by atoms with Crippen LogP contribution in [0.4, 0.5) is 10.1 Å². The van der Waals surface area contributed by atoms with Crippen LogP contribution >= 0.6 is 0 Å². The molecule has 0 bridgehead atoms. The van der Waals surface area contributed by atoms with Gasteiger partial charge in [-0.15, -0.1) is 0 Å². The quantitative estimate of drug-likeness (QED) is 0.807. The van der Waals surface area contributed by atoms with Crippen LogP contribution in [-0.2, 0) is 4.79 Å². The van der Waals surface area contributed by atoms with E-state index < -0.39 is 0 Å². The Morgan fingerprint density at radius 1 is 0.926 bits per heavy atom. The summed E-state index contributed by atoms with van der Waals surface area (Å²) in [5.41, 5.74) is 0.673. The molecular formula is C21H31FN4O. The smallest absolute Gasteiger partial charge is 0.236 e. The van der Waals surface area contributed by atoms with Gasteiger partial charge in [-0.3, -0.25) is 14.6 Å². The molecule has 1 saturated carbocycles. The molecule has 1 aromatic rings. The van der Waals surface area contributed by atoms with Gasteiger partial charge in [0.1, 0.15) is 5.82 Å². The molecule has 0 N–H and O–H groups in total. The average Bonchev–Trinajstić information content (AvgIpc) is 3.24. The van der Waals surface area contributed by atoms with Crippen LogP contribution in [0.25, 0.3) is 0 Å². The van der Waals surface area contributed by atoms with E-state index in [1.54, 1.807) is 6.07 Å². The third-order valence-corrected chi connectivity index (χ3v) is 6.43. The fourth-order valence-corrected chi connectivity index (χ4v) is 4.75. The van der Waals surface area contributed by atoms with Crippen LogP contribution in [0, 0.1) is 5.82 Å². The van der Waals surface area contributed by atoms with Gasteiger partial charge in [-0.25, -0.2) is 4.39 Å². The Balaban J connectivity index is 1.21. The van der Waals surface area contributed by atoms with E-state index in [0.29, 0.717) is 12.2 Å². The number of piperazine rings is 2. The second-order valence-electron chi connectivity index (χ2n) is 8.07. The van der Waals surface area contributed by atoms with Gasteiger partial charge in [-0.1, -0.05) is 25.0 Å². The Kier molecular flexibility index (Phi) is 5.93. The molecule has 27 heavy (non-hydrogen) atoms. The first kappa shape index (κ1) is 18.7. The third-order valence-electron chi connectivity index (χ3n) is 6.43. The standard InChI is InChI=1S/C21H31FN4O/c22-19-7-3-4-8-20(19)25-11-9-23(10-12-25)17-21(27)26-15-13-24(14-16-26)18-5-1-2-6-18/h3-4,7-8,18H,1-2,5-6,9-17H2. The lowest BCUT2D eigenvalue weighted by Gasteiger charge is -2.40. The molecule has 0 radical (unpaired) electrons. The van der Waals surface area contributed by atoms with Crippen molar-refractivity contribution in [1.82, 2.24) is 14.7 Å². The number of nitrogens with zero attached hydrogens (tertiary/aromatic N) is 4. The normalized spacial score (nSPS) is 23.1. The number of para-hydroxylation sites is 1. The van der Waals surface area contributed by atoms with Crippen molar-refractivity contribution in [3.63, 3.8) is 0 Å². The summed E-state index contributed by atoms with van der Waals surface area (Å²) in [5.74, 6) is 0.0857. The van der Waals surface area contributed by atoms with Crippen LogP contribution in [0.2, 0.25) is 0 Å². The first-order valence-electron chi connectivity index (χ1n) is 10.4. The highest BCUT2D eigenvalue weighted by Gasteiger charge is 2.29. The number of carbonyl (C=O) groups is 1. The van der Waals surface area contributed by atoms with E-state index >= 15 is 0 Å². The minimum absolute atomic E-state index is 0.165. The summed E-state index contributed by atoms with van der Waals surface area (Å²) in [5, 5.41) is 0. The number of rotatable bonds is 4. The van der Waals surface area contributed by atoms with E-state index in [0.717, 1.165) is 58.4 Å². The number of amides is 1. The van der Waals surface area contributed by atoms with Gasteiger partial charge in [0.05, 0.1) is 12.2 Å². The predicted molar refractivity (Wildman–Crippen MR) is 105 cm³/mol. The highest BCUT2D eigenvalue weighted by molar-refractivity contribution is 5.78. The zero-order valence-corrected chi connectivity index (χ0v) is 16.2. The molecular weight excluding hydrogens is 343 g/mol. The molecule has 1 aliphatic carbocycles. The minimum Gasteiger partial charge on any atom is -0.367 e. The van der Waals surface area contributed by atoms with Crippen LogP contribution in [0.3, 0.4) is 0 Å². The maximum absolute atomic E-state index is 13.9. The van der Waals surface area contributed by atoms with E-state index in [1.165, 1.54) is 31.7 Å². The van der Waals surface area contributed by atoms with Crippen LogP contribution in [0.15, 0.2) is 24.3 Å². The van der Waals surface area contributed by atoms with Crippen molar-refractivity contribution in [2.24, 2.45) is 0 Å². The molecule has 0 unspecified atom stereocenters. The summed E-state index contributed by atoms with van der Waals surface area (Å²) in [6.07, 6.45) is 5.39. The number of halogens is 1. The molecule has 1 amide bonds. The molecule has 0 aromatic heterocycles. The Morgan fingerprint density at radius 3 is 2.26 bits per heavy atom. The maximum Gasteiger partial charge on any atom is 0.236 e. The zero-order chi connectivity index (χ0) is 18.6. The number of anilines is 1. The SMILES string of the molecule is O=C(CN1CCN(c2ccccc2F)CC1)N1CCN(C2CCCC2)CC1. The van der Waals surface area contributed by atoms with E-state index in [1.807, 2.05) is 17.0 Å².